The van der Waals surface area contributed by atoms with Gasteiger partial charge in [0.15, 0.2) is 0 Å². The van der Waals surface area contributed by atoms with Gasteiger partial charge in [-0.3, -0.25) is 0 Å². The van der Waals surface area contributed by atoms with Crippen molar-refractivity contribution >= 4 is 23.1 Å². The maximum absolute atomic E-state index is 10.1. The summed E-state index contributed by atoms with van der Waals surface area (Å²) in [7, 11) is 0. The summed E-state index contributed by atoms with van der Waals surface area (Å²) in [6, 6.07) is 0. The van der Waals surface area contributed by atoms with Gasteiger partial charge in [0.1, 0.15) is 0 Å². The van der Waals surface area contributed by atoms with Gasteiger partial charge in [-0.15, -0.1) is 5.60 Å². The van der Waals surface area contributed by atoms with E-state index in [0.29, 0.717) is 0 Å². The van der Waals surface area contributed by atoms with Gasteiger partial charge in [0, 0.05) is 0 Å². The first-order valence-corrected chi connectivity index (χ1v) is 1.70. The Labute approximate surface area is 62.3 Å². The third-order valence-corrected chi connectivity index (χ3v) is 0. The summed E-state index contributed by atoms with van der Waals surface area (Å²) in [6.07, 6.45) is 0. The normalized spacial score (nSPS) is 8.57. The molecule has 0 N–H and O–H groups in total. The minimum Gasteiger partial charge on any atom is -0.850 e. The van der Waals surface area contributed by atoms with Gasteiger partial charge in [0.25, 0.3) is 0 Å². The zero-order valence-corrected chi connectivity index (χ0v) is 7.03. The van der Waals surface area contributed by atoms with Crippen molar-refractivity contribution in [1.29, 1.82) is 0 Å². The Balaban J connectivity index is -0.0000000800. The monoisotopic (exact) mass is 112 g/mol. The molecule has 0 unspecified atom stereocenters. The smallest absolute Gasteiger partial charge is 0.850 e. The first kappa shape index (κ1) is 15.6. The summed E-state index contributed by atoms with van der Waals surface area (Å²) in [5, 5.41) is 10.1. The van der Waals surface area contributed by atoms with Gasteiger partial charge in [0.2, 0.25) is 0 Å². The molecule has 0 bridgehead atoms. The molecule has 0 aromatic carbocycles. The Morgan fingerprint density at radius 2 is 1.14 bits per heavy atom. The van der Waals surface area contributed by atoms with Gasteiger partial charge < -0.3 is 12.5 Å². The molecule has 0 atom stereocenters. The minimum atomic E-state index is -0.750. The largest absolute Gasteiger partial charge is 2.00 e. The molecule has 0 spiro atoms. The molecule has 7 heavy (non-hydrogen) atoms. The van der Waals surface area contributed by atoms with Crippen molar-refractivity contribution in [3.63, 3.8) is 0 Å². The molecule has 0 rings (SSSR count). The van der Waals surface area contributed by atoms with Crippen LogP contribution in [0.15, 0.2) is 0 Å². The second kappa shape index (κ2) is 4.87. The summed E-state index contributed by atoms with van der Waals surface area (Å²) >= 11 is 0. The average molecular weight is 112 g/mol. The van der Waals surface area contributed by atoms with Crippen molar-refractivity contribution in [2.75, 3.05) is 0 Å². The fourth-order valence-electron chi connectivity index (χ4n) is 0. The van der Waals surface area contributed by atoms with E-state index in [1.54, 1.807) is 20.8 Å². The summed E-state index contributed by atoms with van der Waals surface area (Å²) in [5.41, 5.74) is -0.750. The Bertz CT molecular complexity index is 23.6. The molecule has 0 heterocycles. The molecule has 1 nitrogen and oxygen atoms in total. The molecular formula is C5H12MgO. The number of rotatable bonds is 0. The van der Waals surface area contributed by atoms with Crippen molar-refractivity contribution in [3.05, 3.63) is 7.43 Å². The van der Waals surface area contributed by atoms with Crippen LogP contribution in [0, 0.1) is 7.43 Å². The standard InChI is InChI=1S/C4H9O.CH3.Mg/c1-4(2,3)5;;/h1-3H3;1H3;/q2*-1;+2. The predicted molar refractivity (Wildman–Crippen MR) is 31.9 cm³/mol. The van der Waals surface area contributed by atoms with Crippen LogP contribution in [-0.2, 0) is 0 Å². The molecule has 0 amide bonds. The molecule has 2 heteroatoms. The van der Waals surface area contributed by atoms with Crippen LogP contribution >= 0.6 is 0 Å². The number of hydrogen-bond acceptors (Lipinski definition) is 1. The van der Waals surface area contributed by atoms with E-state index in [9.17, 15) is 5.11 Å². The zero-order chi connectivity index (χ0) is 4.50. The molecule has 0 aliphatic heterocycles. The van der Waals surface area contributed by atoms with E-state index >= 15 is 0 Å². The van der Waals surface area contributed by atoms with E-state index in [1.165, 1.54) is 0 Å². The molecule has 0 saturated carbocycles. The van der Waals surface area contributed by atoms with Gasteiger partial charge in [-0.2, -0.15) is 0 Å². The van der Waals surface area contributed by atoms with Crippen LogP contribution in [0.3, 0.4) is 0 Å². The minimum absolute atomic E-state index is 0. The summed E-state index contributed by atoms with van der Waals surface area (Å²) in [4.78, 5) is 0. The molecule has 40 valence electrons. The first-order chi connectivity index (χ1) is 2.00. The van der Waals surface area contributed by atoms with Crippen LogP contribution in [0.5, 0.6) is 0 Å². The van der Waals surface area contributed by atoms with E-state index in [2.05, 4.69) is 0 Å². The molecule has 0 aromatic rings. The van der Waals surface area contributed by atoms with Crippen LogP contribution < -0.4 is 5.11 Å². The van der Waals surface area contributed by atoms with Crippen molar-refractivity contribution in [1.82, 2.24) is 0 Å². The summed E-state index contributed by atoms with van der Waals surface area (Å²) in [5.74, 6) is 0. The van der Waals surface area contributed by atoms with Crippen molar-refractivity contribution in [2.45, 2.75) is 26.4 Å². The first-order valence-electron chi connectivity index (χ1n) is 1.70. The van der Waals surface area contributed by atoms with Gasteiger partial charge in [-0.05, 0) is 0 Å². The maximum Gasteiger partial charge on any atom is 2.00 e. The molecule has 0 aliphatic carbocycles. The fraction of sp³-hybridized carbons (Fsp3) is 0.800. The van der Waals surface area contributed by atoms with Gasteiger partial charge >= 0.3 is 23.1 Å². The second-order valence-electron chi connectivity index (χ2n) is 2.11. The van der Waals surface area contributed by atoms with E-state index < -0.39 is 5.60 Å². The second-order valence-corrected chi connectivity index (χ2v) is 2.11. The Kier molecular flexibility index (Phi) is 10.9. The molecule has 0 aliphatic rings. The zero-order valence-electron chi connectivity index (χ0n) is 5.62. The van der Waals surface area contributed by atoms with Crippen LogP contribution in [0.25, 0.3) is 0 Å². The molecule has 0 aromatic heterocycles. The third kappa shape index (κ3) is 285. The van der Waals surface area contributed by atoms with E-state index in [4.69, 9.17) is 0 Å². The van der Waals surface area contributed by atoms with Gasteiger partial charge in [-0.1, -0.05) is 20.8 Å². The SMILES string of the molecule is CC(C)(C)[O-].[CH3-].[Mg+2]. The Morgan fingerprint density at radius 1 is 1.14 bits per heavy atom. The van der Waals surface area contributed by atoms with E-state index in [0.717, 1.165) is 0 Å². The Morgan fingerprint density at radius 3 is 1.14 bits per heavy atom. The predicted octanol–water partition coefficient (Wildman–Crippen LogP) is 0.215. The van der Waals surface area contributed by atoms with Crippen LogP contribution in [-0.4, -0.2) is 28.7 Å². The molecular weight excluding hydrogens is 100 g/mol. The fourth-order valence-corrected chi connectivity index (χ4v) is 0. The van der Waals surface area contributed by atoms with E-state index in [-0.39, 0.29) is 30.5 Å². The van der Waals surface area contributed by atoms with Crippen molar-refractivity contribution < 1.29 is 5.11 Å². The number of hydrogen-bond donors (Lipinski definition) is 0. The quantitative estimate of drug-likeness (QED) is 0.325. The summed E-state index contributed by atoms with van der Waals surface area (Å²) in [6.45, 7) is 4.90. The van der Waals surface area contributed by atoms with Crippen molar-refractivity contribution in [2.24, 2.45) is 0 Å². The maximum atomic E-state index is 10.1. The van der Waals surface area contributed by atoms with Crippen LogP contribution in [0.4, 0.5) is 0 Å². The van der Waals surface area contributed by atoms with E-state index in [1.807, 2.05) is 0 Å². The average Bonchev–Trinajstić information content (AvgIpc) is 0.722. The van der Waals surface area contributed by atoms with Crippen molar-refractivity contribution in [3.8, 4) is 0 Å². The molecule has 0 saturated heterocycles. The summed E-state index contributed by atoms with van der Waals surface area (Å²) < 4.78 is 0. The van der Waals surface area contributed by atoms with Crippen LogP contribution in [0.1, 0.15) is 20.8 Å². The molecule has 0 fully saturated rings. The Hall–Kier alpha value is 0.726. The molecule has 0 radical (unpaired) electrons. The topological polar surface area (TPSA) is 23.1 Å². The third-order valence-electron chi connectivity index (χ3n) is 0. The van der Waals surface area contributed by atoms with Gasteiger partial charge in [0.05, 0.1) is 0 Å². The van der Waals surface area contributed by atoms with Crippen LogP contribution in [0.2, 0.25) is 0 Å². The van der Waals surface area contributed by atoms with Gasteiger partial charge in [-0.25, -0.2) is 0 Å².